The maximum Gasteiger partial charge on any atom is 0.336 e. The van der Waals surface area contributed by atoms with Crippen molar-refractivity contribution in [1.29, 1.82) is 0 Å². The lowest BCUT2D eigenvalue weighted by Gasteiger charge is -1.97. The molecule has 0 radical (unpaired) electrons. The van der Waals surface area contributed by atoms with Crippen molar-refractivity contribution in [2.24, 2.45) is 0 Å². The van der Waals surface area contributed by atoms with Gasteiger partial charge < -0.3 is 10.2 Å². The van der Waals surface area contributed by atoms with Gasteiger partial charge in [-0.3, -0.25) is 0 Å². The Kier molecular flexibility index (Phi) is 3.31. The Bertz CT molecular complexity index is 648. The molecule has 0 spiro atoms. The third-order valence-electron chi connectivity index (χ3n) is 2.35. The average molecular weight is 238 g/mol. The van der Waals surface area contributed by atoms with Gasteiger partial charge in [0.05, 0.1) is 5.56 Å². The first kappa shape index (κ1) is 11.7. The van der Waals surface area contributed by atoms with Crippen LogP contribution in [-0.2, 0) is 0 Å². The van der Waals surface area contributed by atoms with Gasteiger partial charge in [0.15, 0.2) is 0 Å². The van der Waals surface area contributed by atoms with E-state index >= 15 is 0 Å². The molecule has 88 valence electrons. The van der Waals surface area contributed by atoms with E-state index in [9.17, 15) is 9.90 Å². The second-order valence-electron chi connectivity index (χ2n) is 3.65. The summed E-state index contributed by atoms with van der Waals surface area (Å²) in [5, 5.41) is 18.3. The summed E-state index contributed by atoms with van der Waals surface area (Å²) in [4.78, 5) is 11.0. The first-order chi connectivity index (χ1) is 8.66. The topological polar surface area (TPSA) is 57.5 Å². The monoisotopic (exact) mass is 238 g/mol. The lowest BCUT2D eigenvalue weighted by Crippen LogP contribution is -1.99. The highest BCUT2D eigenvalue weighted by atomic mass is 16.4. The van der Waals surface area contributed by atoms with Crippen molar-refractivity contribution in [3.05, 3.63) is 65.2 Å². The van der Waals surface area contributed by atoms with Gasteiger partial charge in [-0.15, -0.1) is 0 Å². The molecule has 3 heteroatoms. The van der Waals surface area contributed by atoms with Gasteiger partial charge >= 0.3 is 5.97 Å². The number of rotatable bonds is 1. The molecule has 0 amide bonds. The van der Waals surface area contributed by atoms with Gasteiger partial charge in [0.1, 0.15) is 5.75 Å². The number of carboxylic acid groups (broad SMARTS) is 1. The number of aromatic carboxylic acids is 1. The minimum absolute atomic E-state index is 0.133. The van der Waals surface area contributed by atoms with Gasteiger partial charge in [-0.05, 0) is 30.3 Å². The number of carboxylic acids is 1. The Labute approximate surface area is 104 Å². The lowest BCUT2D eigenvalue weighted by molar-refractivity contribution is 0.0696. The molecule has 0 bridgehead atoms. The van der Waals surface area contributed by atoms with Crippen molar-refractivity contribution >= 4 is 5.97 Å². The van der Waals surface area contributed by atoms with Crippen LogP contribution in [0.4, 0.5) is 0 Å². The lowest BCUT2D eigenvalue weighted by atomic mass is 10.1. The Hall–Kier alpha value is -2.73. The Morgan fingerprint density at radius 3 is 2.50 bits per heavy atom. The molecule has 2 rings (SSSR count). The molecular formula is C15H10O3. The van der Waals surface area contributed by atoms with Gasteiger partial charge in [-0.25, -0.2) is 4.79 Å². The number of hydrogen-bond donors (Lipinski definition) is 2. The second-order valence-corrected chi connectivity index (χ2v) is 3.65. The summed E-state index contributed by atoms with van der Waals surface area (Å²) in [6.45, 7) is 0. The van der Waals surface area contributed by atoms with Crippen molar-refractivity contribution < 1.29 is 15.0 Å². The highest BCUT2D eigenvalue weighted by Gasteiger charge is 2.06. The van der Waals surface area contributed by atoms with Crippen LogP contribution in [0.3, 0.4) is 0 Å². The zero-order chi connectivity index (χ0) is 13.0. The molecule has 0 unspecified atom stereocenters. The second kappa shape index (κ2) is 5.07. The smallest absolute Gasteiger partial charge is 0.336 e. The number of hydrogen-bond acceptors (Lipinski definition) is 2. The van der Waals surface area contributed by atoms with Crippen LogP contribution in [0.1, 0.15) is 21.5 Å². The summed E-state index contributed by atoms with van der Waals surface area (Å²) in [6.07, 6.45) is 0. The number of phenolic OH excluding ortho intramolecular Hbond substituents is 1. The van der Waals surface area contributed by atoms with Crippen molar-refractivity contribution in [1.82, 2.24) is 0 Å². The van der Waals surface area contributed by atoms with Crippen molar-refractivity contribution in [2.75, 3.05) is 0 Å². The zero-order valence-corrected chi connectivity index (χ0v) is 9.42. The highest BCUT2D eigenvalue weighted by molar-refractivity contribution is 5.90. The van der Waals surface area contributed by atoms with E-state index in [-0.39, 0.29) is 11.3 Å². The molecule has 0 heterocycles. The van der Waals surface area contributed by atoms with Crippen LogP contribution in [0.25, 0.3) is 0 Å². The summed E-state index contributed by atoms with van der Waals surface area (Å²) in [5.41, 5.74) is 1.26. The van der Waals surface area contributed by atoms with Crippen molar-refractivity contribution in [3.8, 4) is 17.6 Å². The largest absolute Gasteiger partial charge is 0.508 e. The molecule has 2 N–H and O–H groups in total. The zero-order valence-electron chi connectivity index (χ0n) is 9.42. The number of benzene rings is 2. The highest BCUT2D eigenvalue weighted by Crippen LogP contribution is 2.11. The Morgan fingerprint density at radius 1 is 1.00 bits per heavy atom. The summed E-state index contributed by atoms with van der Waals surface area (Å²) >= 11 is 0. The van der Waals surface area contributed by atoms with E-state index in [2.05, 4.69) is 11.8 Å². The third kappa shape index (κ3) is 2.69. The van der Waals surface area contributed by atoms with Crippen LogP contribution < -0.4 is 0 Å². The summed E-state index contributed by atoms with van der Waals surface area (Å²) in [7, 11) is 0. The Morgan fingerprint density at radius 2 is 1.78 bits per heavy atom. The molecule has 0 aliphatic heterocycles. The molecule has 0 aromatic heterocycles. The van der Waals surface area contributed by atoms with E-state index in [0.29, 0.717) is 11.1 Å². The molecule has 0 saturated heterocycles. The maximum atomic E-state index is 11.0. The maximum absolute atomic E-state index is 11.0. The van der Waals surface area contributed by atoms with Gasteiger partial charge in [-0.2, -0.15) is 0 Å². The van der Waals surface area contributed by atoms with Crippen LogP contribution in [0.15, 0.2) is 48.5 Å². The molecule has 0 saturated carbocycles. The molecular weight excluding hydrogens is 228 g/mol. The normalized spacial score (nSPS) is 9.33. The molecule has 2 aromatic rings. The molecule has 0 aliphatic carbocycles. The van der Waals surface area contributed by atoms with Gasteiger partial charge in [0.25, 0.3) is 0 Å². The van der Waals surface area contributed by atoms with Gasteiger partial charge in [-0.1, -0.05) is 30.0 Å². The summed E-state index contributed by atoms with van der Waals surface area (Å²) in [6, 6.07) is 13.1. The summed E-state index contributed by atoms with van der Waals surface area (Å²) < 4.78 is 0. The number of aromatic hydroxyl groups is 1. The fraction of sp³-hybridized carbons (Fsp3) is 0. The fourth-order valence-corrected chi connectivity index (χ4v) is 1.50. The number of carbonyl (C=O) groups is 1. The van der Waals surface area contributed by atoms with Crippen LogP contribution in [-0.4, -0.2) is 16.2 Å². The van der Waals surface area contributed by atoms with Crippen LogP contribution in [0.2, 0.25) is 0 Å². The van der Waals surface area contributed by atoms with Crippen molar-refractivity contribution in [3.63, 3.8) is 0 Å². The van der Waals surface area contributed by atoms with Gasteiger partial charge in [0.2, 0.25) is 0 Å². The molecule has 18 heavy (non-hydrogen) atoms. The molecule has 0 aliphatic rings. The standard InChI is InChI=1S/C15H10O3/c16-13-6-3-4-11(10-13)8-9-12-5-1-2-7-14(12)15(17)18/h1-7,10,16H,(H,17,18). The average Bonchev–Trinajstić information content (AvgIpc) is 2.37. The fourth-order valence-electron chi connectivity index (χ4n) is 1.50. The minimum Gasteiger partial charge on any atom is -0.508 e. The van der Waals surface area contributed by atoms with Crippen LogP contribution in [0, 0.1) is 11.8 Å². The van der Waals surface area contributed by atoms with E-state index in [0.717, 1.165) is 0 Å². The predicted octanol–water partition coefficient (Wildman–Crippen LogP) is 2.49. The van der Waals surface area contributed by atoms with E-state index in [1.807, 2.05) is 0 Å². The first-order valence-electron chi connectivity index (χ1n) is 5.30. The third-order valence-corrected chi connectivity index (χ3v) is 2.35. The van der Waals surface area contributed by atoms with E-state index in [1.54, 1.807) is 36.4 Å². The minimum atomic E-state index is -1.00. The van der Waals surface area contributed by atoms with Crippen LogP contribution in [0.5, 0.6) is 5.75 Å². The Balaban J connectivity index is 2.39. The summed E-state index contributed by atoms with van der Waals surface area (Å²) in [5.74, 6) is 4.75. The molecule has 0 fully saturated rings. The quantitative estimate of drug-likeness (QED) is 0.750. The SMILES string of the molecule is O=C(O)c1ccccc1C#Cc1cccc(O)c1. The first-order valence-corrected chi connectivity index (χ1v) is 5.30. The molecule has 0 atom stereocenters. The van der Waals surface area contributed by atoms with Crippen molar-refractivity contribution in [2.45, 2.75) is 0 Å². The van der Waals surface area contributed by atoms with E-state index in [4.69, 9.17) is 5.11 Å². The van der Waals surface area contributed by atoms with E-state index in [1.165, 1.54) is 12.1 Å². The predicted molar refractivity (Wildman–Crippen MR) is 67.5 cm³/mol. The van der Waals surface area contributed by atoms with Gasteiger partial charge in [0, 0.05) is 11.1 Å². The molecule has 3 nitrogen and oxygen atoms in total. The van der Waals surface area contributed by atoms with Crippen LogP contribution >= 0.6 is 0 Å². The number of phenols is 1. The van der Waals surface area contributed by atoms with E-state index < -0.39 is 5.97 Å². The molecule has 2 aromatic carbocycles.